The lowest BCUT2D eigenvalue weighted by molar-refractivity contribution is -0.131. The summed E-state index contributed by atoms with van der Waals surface area (Å²) in [5, 5.41) is 3.41. The van der Waals surface area contributed by atoms with Crippen LogP contribution >= 0.6 is 12.4 Å². The van der Waals surface area contributed by atoms with Crippen LogP contribution in [-0.2, 0) is 9.59 Å². The Bertz CT molecular complexity index is 694. The summed E-state index contributed by atoms with van der Waals surface area (Å²) >= 11 is 0. The highest BCUT2D eigenvalue weighted by Crippen LogP contribution is 2.66. The molecule has 4 bridgehead atoms. The molecule has 4 fully saturated rings. The normalized spacial score (nSPS) is 46.1. The topological polar surface area (TPSA) is 46.2 Å². The van der Waals surface area contributed by atoms with Crippen LogP contribution in [0.2, 0.25) is 0 Å². The predicted octanol–water partition coefficient (Wildman–Crippen LogP) is 4.55. The highest BCUT2D eigenvalue weighted by molar-refractivity contribution is 6.04. The number of rotatable bonds is 3. The Labute approximate surface area is 164 Å². The molecule has 0 aromatic rings. The Morgan fingerprint density at radius 3 is 2.08 bits per heavy atom. The Morgan fingerprint density at radius 1 is 0.962 bits per heavy atom. The quantitative estimate of drug-likeness (QED) is 0.732. The third-order valence-corrected chi connectivity index (χ3v) is 9.63. The molecule has 4 rings (SSSR count). The Hall–Kier alpha value is -0.830. The van der Waals surface area contributed by atoms with Crippen LogP contribution in [0.25, 0.3) is 0 Å². The Kier molecular flexibility index (Phi) is 4.28. The van der Waals surface area contributed by atoms with Gasteiger partial charge in [0.15, 0.2) is 5.78 Å². The van der Waals surface area contributed by atoms with Crippen LogP contribution in [0.4, 0.5) is 0 Å². The van der Waals surface area contributed by atoms with Crippen molar-refractivity contribution in [3.63, 3.8) is 0 Å². The first kappa shape index (κ1) is 19.9. The molecule has 3 nitrogen and oxygen atoms in total. The molecule has 0 heterocycles. The molecule has 5 unspecified atom stereocenters. The standard InChI is InChI=1S/C22H33NO2.ClH/c1-19(2)15-7-9-21(19,5)17(24)13(15)11-23-12-14-16-8-10-22(6,18(14)25)20(16,3)4;/h11,14-16,23H,7-10,12H2,1-6H3;1H/b13-11-;. The highest BCUT2D eigenvalue weighted by atomic mass is 35.5. The van der Waals surface area contributed by atoms with E-state index in [1.54, 1.807) is 0 Å². The maximum Gasteiger partial charge on any atom is 0.167 e. The maximum absolute atomic E-state index is 12.9. The van der Waals surface area contributed by atoms with Crippen molar-refractivity contribution < 1.29 is 9.59 Å². The summed E-state index contributed by atoms with van der Waals surface area (Å²) in [6.45, 7) is 14.0. The van der Waals surface area contributed by atoms with Crippen LogP contribution in [0.3, 0.4) is 0 Å². The molecule has 4 saturated carbocycles. The zero-order valence-corrected chi connectivity index (χ0v) is 17.9. The van der Waals surface area contributed by atoms with E-state index in [-0.39, 0.29) is 40.0 Å². The second-order valence-corrected chi connectivity index (χ2v) is 10.7. The van der Waals surface area contributed by atoms with Crippen molar-refractivity contribution in [3.8, 4) is 0 Å². The lowest BCUT2D eigenvalue weighted by Gasteiger charge is -2.32. The molecule has 0 aromatic carbocycles. The van der Waals surface area contributed by atoms with Crippen molar-refractivity contribution in [1.29, 1.82) is 0 Å². The van der Waals surface area contributed by atoms with Gasteiger partial charge in [-0.25, -0.2) is 0 Å². The van der Waals surface area contributed by atoms with E-state index >= 15 is 0 Å². The summed E-state index contributed by atoms with van der Waals surface area (Å²) in [6, 6.07) is 0. The van der Waals surface area contributed by atoms with E-state index in [0.717, 1.165) is 31.3 Å². The molecule has 26 heavy (non-hydrogen) atoms. The third kappa shape index (κ3) is 2.02. The van der Waals surface area contributed by atoms with Crippen LogP contribution in [-0.4, -0.2) is 18.1 Å². The van der Waals surface area contributed by atoms with Crippen molar-refractivity contribution >= 4 is 24.0 Å². The third-order valence-electron chi connectivity index (χ3n) is 9.63. The average Bonchev–Trinajstić information content (AvgIpc) is 3.01. The van der Waals surface area contributed by atoms with Crippen LogP contribution in [0.5, 0.6) is 0 Å². The molecule has 0 aromatic heterocycles. The molecular weight excluding hydrogens is 346 g/mol. The Morgan fingerprint density at radius 2 is 1.58 bits per heavy atom. The van der Waals surface area contributed by atoms with Gasteiger partial charge in [-0.05, 0) is 48.3 Å². The minimum atomic E-state index is -0.205. The van der Waals surface area contributed by atoms with Gasteiger partial charge in [-0.15, -0.1) is 12.4 Å². The fourth-order valence-corrected chi connectivity index (χ4v) is 6.90. The van der Waals surface area contributed by atoms with Gasteiger partial charge in [-0.1, -0.05) is 41.5 Å². The smallest absolute Gasteiger partial charge is 0.167 e. The molecule has 0 saturated heterocycles. The fraction of sp³-hybridized carbons (Fsp3) is 0.818. The van der Waals surface area contributed by atoms with E-state index in [1.165, 1.54) is 0 Å². The molecule has 1 N–H and O–H groups in total. The number of nitrogens with one attached hydrogen (secondary N) is 1. The van der Waals surface area contributed by atoms with Crippen molar-refractivity contribution in [1.82, 2.24) is 5.32 Å². The highest BCUT2D eigenvalue weighted by Gasteiger charge is 2.66. The number of hydrogen-bond acceptors (Lipinski definition) is 3. The summed E-state index contributed by atoms with van der Waals surface area (Å²) in [6.07, 6.45) is 6.28. The molecule has 0 spiro atoms. The molecule has 0 aliphatic heterocycles. The van der Waals surface area contributed by atoms with Crippen LogP contribution in [0.15, 0.2) is 11.8 Å². The minimum absolute atomic E-state index is 0. The lowest BCUT2D eigenvalue weighted by atomic mass is 9.70. The number of Topliss-reactive ketones (excluding diaryl/α,β-unsaturated/α-hetero) is 2. The van der Waals surface area contributed by atoms with Gasteiger partial charge in [0.2, 0.25) is 0 Å². The van der Waals surface area contributed by atoms with Gasteiger partial charge in [0.25, 0.3) is 0 Å². The van der Waals surface area contributed by atoms with Crippen LogP contribution < -0.4 is 5.32 Å². The second-order valence-electron chi connectivity index (χ2n) is 10.7. The van der Waals surface area contributed by atoms with E-state index in [1.807, 2.05) is 6.20 Å². The SMILES string of the molecule is CC12CCC(/C(=C/NCC3C(=O)C4(C)CCC3C4(C)C)C1=O)C2(C)C.Cl. The molecular formula is C22H34ClNO2. The number of allylic oxidation sites excluding steroid dienone is 1. The van der Waals surface area contributed by atoms with Crippen LogP contribution in [0.1, 0.15) is 67.2 Å². The van der Waals surface area contributed by atoms with Crippen molar-refractivity contribution in [2.24, 2.45) is 39.4 Å². The van der Waals surface area contributed by atoms with E-state index in [2.05, 4.69) is 46.9 Å². The number of carbonyl (C=O) groups excluding carboxylic acids is 2. The summed E-state index contributed by atoms with van der Waals surface area (Å²) in [5.41, 5.74) is 0.758. The monoisotopic (exact) mass is 379 g/mol. The molecule has 4 aliphatic carbocycles. The van der Waals surface area contributed by atoms with Gasteiger partial charge in [0, 0.05) is 35.1 Å². The summed E-state index contributed by atoms with van der Waals surface area (Å²) in [5.74, 6) is 1.70. The number of hydrogen-bond donors (Lipinski definition) is 1. The van der Waals surface area contributed by atoms with Crippen molar-refractivity contribution in [2.75, 3.05) is 6.54 Å². The summed E-state index contributed by atoms with van der Waals surface area (Å²) < 4.78 is 0. The first-order valence-electron chi connectivity index (χ1n) is 10.0. The Balaban J connectivity index is 0.00000196. The van der Waals surface area contributed by atoms with Gasteiger partial charge >= 0.3 is 0 Å². The van der Waals surface area contributed by atoms with Gasteiger partial charge in [-0.3, -0.25) is 9.59 Å². The van der Waals surface area contributed by atoms with Gasteiger partial charge in [-0.2, -0.15) is 0 Å². The average molecular weight is 380 g/mol. The number of halogens is 1. The van der Waals surface area contributed by atoms with E-state index < -0.39 is 0 Å². The fourth-order valence-electron chi connectivity index (χ4n) is 6.90. The first-order valence-corrected chi connectivity index (χ1v) is 10.0. The molecule has 146 valence electrons. The van der Waals surface area contributed by atoms with Gasteiger partial charge in [0.1, 0.15) is 5.78 Å². The van der Waals surface area contributed by atoms with Gasteiger partial charge in [0.05, 0.1) is 0 Å². The summed E-state index contributed by atoms with van der Waals surface area (Å²) in [7, 11) is 0. The number of carbonyl (C=O) groups is 2. The van der Waals surface area contributed by atoms with E-state index in [0.29, 0.717) is 29.9 Å². The molecule has 4 heteroatoms. The van der Waals surface area contributed by atoms with E-state index in [9.17, 15) is 9.59 Å². The molecule has 0 radical (unpaired) electrons. The summed E-state index contributed by atoms with van der Waals surface area (Å²) in [4.78, 5) is 25.9. The minimum Gasteiger partial charge on any atom is -0.390 e. The predicted molar refractivity (Wildman–Crippen MR) is 106 cm³/mol. The molecule has 4 aliphatic rings. The molecule has 5 atom stereocenters. The van der Waals surface area contributed by atoms with Gasteiger partial charge < -0.3 is 5.32 Å². The first-order chi connectivity index (χ1) is 11.5. The van der Waals surface area contributed by atoms with Crippen LogP contribution in [0, 0.1) is 39.4 Å². The lowest BCUT2D eigenvalue weighted by Crippen LogP contribution is -2.36. The number of ketones is 2. The second kappa shape index (κ2) is 5.59. The number of fused-ring (bicyclic) bond motifs is 4. The van der Waals surface area contributed by atoms with Crippen molar-refractivity contribution in [2.45, 2.75) is 67.2 Å². The largest absolute Gasteiger partial charge is 0.390 e. The zero-order valence-electron chi connectivity index (χ0n) is 17.1. The maximum atomic E-state index is 12.9. The zero-order chi connectivity index (χ0) is 18.4. The van der Waals surface area contributed by atoms with E-state index in [4.69, 9.17) is 0 Å². The molecule has 0 amide bonds. The van der Waals surface area contributed by atoms with Crippen molar-refractivity contribution in [3.05, 3.63) is 11.8 Å².